The Morgan fingerprint density at radius 1 is 1.50 bits per heavy atom. The van der Waals surface area contributed by atoms with Crippen LogP contribution < -0.4 is 5.73 Å². The average molecular weight is 203 g/mol. The van der Waals surface area contributed by atoms with Crippen molar-refractivity contribution in [2.24, 2.45) is 0 Å². The van der Waals surface area contributed by atoms with Gasteiger partial charge < -0.3 is 15.7 Å². The molecule has 0 atom stereocenters. The summed E-state index contributed by atoms with van der Waals surface area (Å²) in [6.45, 7) is 0. The van der Waals surface area contributed by atoms with Crippen LogP contribution in [0.25, 0.3) is 11.2 Å². The fourth-order valence-electron chi connectivity index (χ4n) is 0.913. The second-order valence-corrected chi connectivity index (χ2v) is 2.60. The molecule has 0 amide bonds. The lowest BCUT2D eigenvalue weighted by Crippen LogP contribution is -1.93. The Balaban J connectivity index is 0.000000720. The number of rotatable bonds is 0. The molecule has 0 radical (unpaired) electrons. The molecule has 0 fully saturated rings. The Morgan fingerprint density at radius 2 is 2.25 bits per heavy atom. The van der Waals surface area contributed by atoms with Gasteiger partial charge in [-0.15, -0.1) is 12.4 Å². The van der Waals surface area contributed by atoms with Crippen molar-refractivity contribution in [3.63, 3.8) is 0 Å². The standard InChI is InChI=1S/C6H6N4S.ClH/c7-4-6(11)10-5-3(9-4)1-2-8-5;/h1-2H,(H2,7,9)(H2,8,10,11);1H. The number of halogens is 1. The minimum atomic E-state index is 0. The van der Waals surface area contributed by atoms with Crippen molar-refractivity contribution in [1.82, 2.24) is 15.0 Å². The zero-order chi connectivity index (χ0) is 7.84. The summed E-state index contributed by atoms with van der Waals surface area (Å²) in [5, 5.41) is 0. The van der Waals surface area contributed by atoms with Gasteiger partial charge in [0.05, 0.1) is 0 Å². The lowest BCUT2D eigenvalue weighted by Gasteiger charge is -1.92. The van der Waals surface area contributed by atoms with E-state index in [0.29, 0.717) is 10.5 Å². The van der Waals surface area contributed by atoms with Gasteiger partial charge in [0.15, 0.2) is 5.82 Å². The molecule has 0 saturated heterocycles. The first kappa shape index (κ1) is 9.02. The van der Waals surface area contributed by atoms with Crippen LogP contribution in [-0.2, 0) is 0 Å². The molecule has 64 valence electrons. The zero-order valence-electron chi connectivity index (χ0n) is 6.00. The molecule has 0 bridgehead atoms. The van der Waals surface area contributed by atoms with E-state index < -0.39 is 0 Å². The number of anilines is 1. The van der Waals surface area contributed by atoms with Crippen LogP contribution in [0.2, 0.25) is 0 Å². The maximum absolute atomic E-state index is 5.48. The van der Waals surface area contributed by atoms with Gasteiger partial charge in [-0.25, -0.2) is 4.98 Å². The van der Waals surface area contributed by atoms with Crippen molar-refractivity contribution >= 4 is 41.6 Å². The second-order valence-electron chi connectivity index (χ2n) is 2.19. The molecular formula is C6H7ClN4S. The Morgan fingerprint density at radius 3 is 3.00 bits per heavy atom. The van der Waals surface area contributed by atoms with Crippen LogP contribution in [0.15, 0.2) is 12.3 Å². The van der Waals surface area contributed by atoms with E-state index in [9.17, 15) is 0 Å². The smallest absolute Gasteiger partial charge is 0.159 e. The van der Waals surface area contributed by atoms with Crippen LogP contribution in [0.4, 0.5) is 5.82 Å². The SMILES string of the molecule is Cl.Nc1nc2cc[nH]c2[nH]c1=S. The first-order chi connectivity index (χ1) is 5.27. The maximum Gasteiger partial charge on any atom is 0.159 e. The minimum absolute atomic E-state index is 0. The third-order valence-electron chi connectivity index (χ3n) is 1.44. The topological polar surface area (TPSA) is 70.5 Å². The van der Waals surface area contributed by atoms with Crippen LogP contribution in [-0.4, -0.2) is 15.0 Å². The molecule has 4 N–H and O–H groups in total. The van der Waals surface area contributed by atoms with E-state index in [1.807, 2.05) is 6.07 Å². The van der Waals surface area contributed by atoms with Gasteiger partial charge >= 0.3 is 0 Å². The van der Waals surface area contributed by atoms with Crippen LogP contribution in [0.3, 0.4) is 0 Å². The molecule has 2 aromatic rings. The van der Waals surface area contributed by atoms with Gasteiger partial charge in [-0.1, -0.05) is 12.2 Å². The molecule has 2 rings (SSSR count). The van der Waals surface area contributed by atoms with Gasteiger partial charge in [0.2, 0.25) is 0 Å². The maximum atomic E-state index is 5.48. The summed E-state index contributed by atoms with van der Waals surface area (Å²) < 4.78 is 0.472. The molecule has 0 aliphatic rings. The van der Waals surface area contributed by atoms with E-state index >= 15 is 0 Å². The van der Waals surface area contributed by atoms with Crippen molar-refractivity contribution in [1.29, 1.82) is 0 Å². The van der Waals surface area contributed by atoms with Crippen molar-refractivity contribution in [2.45, 2.75) is 0 Å². The lowest BCUT2D eigenvalue weighted by atomic mass is 10.5. The number of nitrogens with one attached hydrogen (secondary N) is 2. The van der Waals surface area contributed by atoms with Gasteiger partial charge in [-0.3, -0.25) is 0 Å². The van der Waals surface area contributed by atoms with Gasteiger partial charge in [0, 0.05) is 6.20 Å². The number of aromatic amines is 2. The molecule has 6 heteroatoms. The Hall–Kier alpha value is -1.07. The number of hydrogen-bond donors (Lipinski definition) is 3. The van der Waals surface area contributed by atoms with E-state index in [4.69, 9.17) is 18.0 Å². The molecule has 0 aliphatic heterocycles. The summed E-state index contributed by atoms with van der Waals surface area (Å²) in [6, 6.07) is 1.83. The number of nitrogen functional groups attached to an aromatic ring is 1. The quantitative estimate of drug-likeness (QED) is 0.569. The van der Waals surface area contributed by atoms with Gasteiger partial charge in [0.25, 0.3) is 0 Å². The molecule has 2 aromatic heterocycles. The molecule has 4 nitrogen and oxygen atoms in total. The van der Waals surface area contributed by atoms with E-state index in [-0.39, 0.29) is 12.4 Å². The Bertz CT molecular complexity index is 446. The number of nitrogens with two attached hydrogens (primary N) is 1. The average Bonchev–Trinajstić information content (AvgIpc) is 2.36. The Kier molecular flexibility index (Phi) is 2.35. The first-order valence-corrected chi connectivity index (χ1v) is 3.51. The number of nitrogens with zero attached hydrogens (tertiary/aromatic N) is 1. The highest BCUT2D eigenvalue weighted by atomic mass is 35.5. The predicted octanol–water partition coefficient (Wildman–Crippen LogP) is 1.62. The second kappa shape index (κ2) is 3.12. The normalized spacial score (nSPS) is 9.67. The number of aromatic nitrogens is 3. The monoisotopic (exact) mass is 202 g/mol. The summed E-state index contributed by atoms with van der Waals surface area (Å²) in [5.74, 6) is 0.368. The van der Waals surface area contributed by atoms with Gasteiger partial charge in [0.1, 0.15) is 15.8 Å². The third-order valence-corrected chi connectivity index (χ3v) is 1.75. The summed E-state index contributed by atoms with van der Waals surface area (Å²) in [7, 11) is 0. The highest BCUT2D eigenvalue weighted by Crippen LogP contribution is 2.08. The molecule has 2 heterocycles. The van der Waals surface area contributed by atoms with Crippen LogP contribution in [0.5, 0.6) is 0 Å². The highest BCUT2D eigenvalue weighted by molar-refractivity contribution is 7.71. The van der Waals surface area contributed by atoms with Crippen LogP contribution in [0, 0.1) is 4.64 Å². The highest BCUT2D eigenvalue weighted by Gasteiger charge is 1.96. The van der Waals surface area contributed by atoms with Gasteiger partial charge in [-0.2, -0.15) is 0 Å². The summed E-state index contributed by atoms with van der Waals surface area (Å²) in [6.07, 6.45) is 1.78. The summed E-state index contributed by atoms with van der Waals surface area (Å²) in [5.41, 5.74) is 7.10. The van der Waals surface area contributed by atoms with Crippen molar-refractivity contribution < 1.29 is 0 Å². The molecule has 0 unspecified atom stereocenters. The van der Waals surface area contributed by atoms with Crippen molar-refractivity contribution in [2.75, 3.05) is 5.73 Å². The van der Waals surface area contributed by atoms with Crippen molar-refractivity contribution in [3.05, 3.63) is 16.9 Å². The lowest BCUT2D eigenvalue weighted by molar-refractivity contribution is 1.25. The predicted molar refractivity (Wildman–Crippen MR) is 52.9 cm³/mol. The molecule has 0 saturated carbocycles. The summed E-state index contributed by atoms with van der Waals surface area (Å²) in [4.78, 5) is 9.90. The number of hydrogen-bond acceptors (Lipinski definition) is 3. The summed E-state index contributed by atoms with van der Waals surface area (Å²) >= 11 is 4.88. The van der Waals surface area contributed by atoms with E-state index in [1.165, 1.54) is 0 Å². The first-order valence-electron chi connectivity index (χ1n) is 3.10. The fraction of sp³-hybridized carbons (Fsp3) is 0. The van der Waals surface area contributed by atoms with E-state index in [0.717, 1.165) is 11.2 Å². The third kappa shape index (κ3) is 1.28. The number of H-pyrrole nitrogens is 2. The van der Waals surface area contributed by atoms with Crippen LogP contribution >= 0.6 is 24.6 Å². The van der Waals surface area contributed by atoms with E-state index in [1.54, 1.807) is 6.20 Å². The van der Waals surface area contributed by atoms with Gasteiger partial charge in [-0.05, 0) is 6.07 Å². The molecule has 0 spiro atoms. The van der Waals surface area contributed by atoms with E-state index in [2.05, 4.69) is 15.0 Å². The molecule has 12 heavy (non-hydrogen) atoms. The zero-order valence-corrected chi connectivity index (χ0v) is 7.63. The molecular weight excluding hydrogens is 196 g/mol. The largest absolute Gasteiger partial charge is 0.381 e. The molecule has 0 aromatic carbocycles. The van der Waals surface area contributed by atoms with Crippen molar-refractivity contribution in [3.8, 4) is 0 Å². The number of fused-ring (bicyclic) bond motifs is 1. The fourth-order valence-corrected chi connectivity index (χ4v) is 1.06. The van der Waals surface area contributed by atoms with Crippen LogP contribution in [0.1, 0.15) is 0 Å². The Labute approximate surface area is 79.6 Å². The molecule has 0 aliphatic carbocycles. The minimum Gasteiger partial charge on any atom is -0.381 e.